The van der Waals surface area contributed by atoms with Crippen molar-refractivity contribution in [2.45, 2.75) is 44.6 Å². The smallest absolute Gasteiger partial charge is 0.251 e. The number of aliphatic hydroxyl groups excluding tert-OH is 1. The molecule has 0 bridgehead atoms. The Morgan fingerprint density at radius 3 is 2.77 bits per heavy atom. The number of amides is 3. The van der Waals surface area contributed by atoms with Gasteiger partial charge in [0, 0.05) is 24.1 Å². The Morgan fingerprint density at radius 2 is 2.03 bits per heavy atom. The lowest BCUT2D eigenvalue weighted by Gasteiger charge is -2.31. The van der Waals surface area contributed by atoms with E-state index in [0.717, 1.165) is 11.1 Å². The molecule has 2 aromatic carbocycles. The number of ether oxygens (including phenoxy) is 1. The van der Waals surface area contributed by atoms with Crippen LogP contribution in [0.1, 0.15) is 59.1 Å². The predicted octanol–water partition coefficient (Wildman–Crippen LogP) is 1.80. The molecule has 0 aromatic heterocycles. The topological polar surface area (TPSA) is 108 Å². The van der Waals surface area contributed by atoms with E-state index in [9.17, 15) is 19.5 Å². The Kier molecular flexibility index (Phi) is 5.75. The number of fused-ring (bicyclic) bond motifs is 1. The lowest BCUT2D eigenvalue weighted by molar-refractivity contribution is -0.141. The fraction of sp³-hybridized carbons (Fsp3) is 0.348. The number of hydrogen-bond donors (Lipinski definition) is 3. The number of hydrogen-bond acceptors (Lipinski definition) is 6. The number of carbonyl (C=O) groups excluding carboxylic acids is 3. The molecule has 3 amide bonds. The molecule has 0 radical (unpaired) electrons. The molecule has 3 atom stereocenters. The van der Waals surface area contributed by atoms with Crippen LogP contribution in [0.3, 0.4) is 0 Å². The lowest BCUT2D eigenvalue weighted by atomic mass is 10.0. The summed E-state index contributed by atoms with van der Waals surface area (Å²) in [5, 5.41) is 16.0. The average Bonchev–Trinajstić information content (AvgIpc) is 3.09. The number of imide groups is 1. The molecule has 2 aliphatic rings. The van der Waals surface area contributed by atoms with Gasteiger partial charge in [-0.25, -0.2) is 0 Å². The quantitative estimate of drug-likeness (QED) is 0.633. The number of methoxy groups -OCH3 is 1. The van der Waals surface area contributed by atoms with E-state index in [0.29, 0.717) is 29.8 Å². The van der Waals surface area contributed by atoms with Gasteiger partial charge in [-0.1, -0.05) is 24.3 Å². The zero-order valence-electron chi connectivity index (χ0n) is 17.4. The molecule has 3 N–H and O–H groups in total. The van der Waals surface area contributed by atoms with E-state index in [-0.39, 0.29) is 24.3 Å². The lowest BCUT2D eigenvalue weighted by Crippen LogP contribution is -2.51. The zero-order chi connectivity index (χ0) is 22.1. The normalized spacial score (nSPS) is 21.9. The highest BCUT2D eigenvalue weighted by Crippen LogP contribution is 2.35. The summed E-state index contributed by atoms with van der Waals surface area (Å²) < 4.78 is 5.37. The first-order valence-electron chi connectivity index (χ1n) is 10.2. The minimum atomic E-state index is -0.955. The van der Waals surface area contributed by atoms with Crippen molar-refractivity contribution in [2.75, 3.05) is 7.11 Å². The van der Waals surface area contributed by atoms with Crippen LogP contribution in [-0.4, -0.2) is 40.9 Å². The third-order valence-electron chi connectivity index (χ3n) is 5.91. The molecule has 162 valence electrons. The maximum atomic E-state index is 12.9. The zero-order valence-corrected chi connectivity index (χ0v) is 17.4. The molecule has 4 rings (SSSR count). The van der Waals surface area contributed by atoms with Gasteiger partial charge < -0.3 is 15.2 Å². The van der Waals surface area contributed by atoms with Crippen molar-refractivity contribution < 1.29 is 24.2 Å². The summed E-state index contributed by atoms with van der Waals surface area (Å²) in [5.74, 6) is -0.232. The molecule has 31 heavy (non-hydrogen) atoms. The molecule has 1 saturated heterocycles. The monoisotopic (exact) mass is 423 g/mol. The summed E-state index contributed by atoms with van der Waals surface area (Å²) in [4.78, 5) is 38.1. The maximum absolute atomic E-state index is 12.9. The molecule has 2 aromatic rings. The molecular formula is C23H25N3O5. The van der Waals surface area contributed by atoms with Gasteiger partial charge >= 0.3 is 0 Å². The predicted molar refractivity (Wildman–Crippen MR) is 112 cm³/mol. The number of carbonyl (C=O) groups is 3. The third kappa shape index (κ3) is 4.04. The first kappa shape index (κ1) is 21.0. The molecular weight excluding hydrogens is 398 g/mol. The van der Waals surface area contributed by atoms with E-state index >= 15 is 0 Å². The van der Waals surface area contributed by atoms with Crippen molar-refractivity contribution in [3.63, 3.8) is 0 Å². The highest BCUT2D eigenvalue weighted by molar-refractivity contribution is 6.00. The Bertz CT molecular complexity index is 1040. The number of benzene rings is 2. The van der Waals surface area contributed by atoms with Crippen molar-refractivity contribution in [3.05, 3.63) is 64.7 Å². The maximum Gasteiger partial charge on any atom is 0.251 e. The number of piperidine rings is 1. The molecule has 1 fully saturated rings. The summed E-state index contributed by atoms with van der Waals surface area (Å²) in [7, 11) is 1.59. The van der Waals surface area contributed by atoms with Crippen LogP contribution in [0.2, 0.25) is 0 Å². The minimum Gasteiger partial charge on any atom is -0.496 e. The second kappa shape index (κ2) is 8.49. The molecule has 8 nitrogen and oxygen atoms in total. The Morgan fingerprint density at radius 1 is 1.26 bits per heavy atom. The van der Waals surface area contributed by atoms with Gasteiger partial charge in [-0.3, -0.25) is 24.6 Å². The SMILES string of the molecule is COc1ccccc1[C@H](C)NC(=O)c1ccc2c(c1)CN(C1CCC(=O)NC1=O)C2O. The average molecular weight is 423 g/mol. The molecule has 0 aliphatic carbocycles. The number of nitrogens with zero attached hydrogens (tertiary/aromatic N) is 1. The number of nitrogens with one attached hydrogen (secondary N) is 2. The molecule has 0 spiro atoms. The van der Waals surface area contributed by atoms with Crippen LogP contribution in [0.15, 0.2) is 42.5 Å². The molecule has 0 saturated carbocycles. The van der Waals surface area contributed by atoms with E-state index in [1.54, 1.807) is 30.2 Å². The van der Waals surface area contributed by atoms with Crippen LogP contribution in [-0.2, 0) is 16.1 Å². The van der Waals surface area contributed by atoms with Crippen molar-refractivity contribution in [1.29, 1.82) is 0 Å². The van der Waals surface area contributed by atoms with Crippen molar-refractivity contribution in [3.8, 4) is 5.75 Å². The second-order valence-corrected chi connectivity index (χ2v) is 7.86. The summed E-state index contributed by atoms with van der Waals surface area (Å²) >= 11 is 0. The van der Waals surface area contributed by atoms with Crippen LogP contribution in [0.5, 0.6) is 5.75 Å². The van der Waals surface area contributed by atoms with Crippen LogP contribution in [0.4, 0.5) is 0 Å². The first-order valence-corrected chi connectivity index (χ1v) is 10.2. The van der Waals surface area contributed by atoms with E-state index in [4.69, 9.17) is 4.74 Å². The van der Waals surface area contributed by atoms with E-state index in [1.807, 2.05) is 31.2 Å². The van der Waals surface area contributed by atoms with E-state index in [1.165, 1.54) is 0 Å². The largest absolute Gasteiger partial charge is 0.496 e. The van der Waals surface area contributed by atoms with Crippen LogP contribution >= 0.6 is 0 Å². The Labute approximate surface area is 180 Å². The van der Waals surface area contributed by atoms with Crippen LogP contribution in [0, 0.1) is 0 Å². The van der Waals surface area contributed by atoms with Gasteiger partial charge in [-0.15, -0.1) is 0 Å². The molecule has 2 unspecified atom stereocenters. The van der Waals surface area contributed by atoms with Crippen molar-refractivity contribution >= 4 is 17.7 Å². The van der Waals surface area contributed by atoms with Gasteiger partial charge in [0.2, 0.25) is 11.8 Å². The standard InChI is InChI=1S/C23H25N3O5/c1-13(16-5-3-4-6-19(16)31-2)24-21(28)14-7-8-17-15(11-14)12-26(23(17)30)18-9-10-20(27)25-22(18)29/h3-8,11,13,18,23,30H,9-10,12H2,1-2H3,(H,24,28)(H,25,27,29)/t13-,18?,23?/m0/s1. The van der Waals surface area contributed by atoms with Gasteiger partial charge in [0.25, 0.3) is 5.91 Å². The summed E-state index contributed by atoms with van der Waals surface area (Å²) in [6.45, 7) is 2.21. The van der Waals surface area contributed by atoms with Crippen LogP contribution in [0.25, 0.3) is 0 Å². The van der Waals surface area contributed by atoms with Gasteiger partial charge in [-0.2, -0.15) is 0 Å². The van der Waals surface area contributed by atoms with Crippen molar-refractivity contribution in [1.82, 2.24) is 15.5 Å². The minimum absolute atomic E-state index is 0.241. The first-order chi connectivity index (χ1) is 14.9. The summed E-state index contributed by atoms with van der Waals surface area (Å²) in [6.07, 6.45) is -0.354. The molecule has 8 heteroatoms. The third-order valence-corrected chi connectivity index (χ3v) is 5.91. The molecule has 2 aliphatic heterocycles. The Hall–Kier alpha value is -3.23. The fourth-order valence-corrected chi connectivity index (χ4v) is 4.26. The number of rotatable bonds is 5. The Balaban J connectivity index is 1.49. The van der Waals surface area contributed by atoms with Crippen LogP contribution < -0.4 is 15.4 Å². The van der Waals surface area contributed by atoms with E-state index in [2.05, 4.69) is 10.6 Å². The second-order valence-electron chi connectivity index (χ2n) is 7.86. The van der Waals surface area contributed by atoms with Gasteiger partial charge in [0.05, 0.1) is 19.2 Å². The van der Waals surface area contributed by atoms with Gasteiger partial charge in [0.15, 0.2) is 0 Å². The number of para-hydroxylation sites is 1. The summed E-state index contributed by atoms with van der Waals surface area (Å²) in [6, 6.07) is 11.8. The van der Waals surface area contributed by atoms with Crippen molar-refractivity contribution in [2.24, 2.45) is 0 Å². The van der Waals surface area contributed by atoms with E-state index < -0.39 is 18.2 Å². The van der Waals surface area contributed by atoms with Gasteiger partial charge in [-0.05, 0) is 42.7 Å². The summed E-state index contributed by atoms with van der Waals surface area (Å²) in [5.41, 5.74) is 2.80. The fourth-order valence-electron chi connectivity index (χ4n) is 4.26. The molecule has 2 heterocycles. The van der Waals surface area contributed by atoms with Gasteiger partial charge in [0.1, 0.15) is 12.0 Å². The highest BCUT2D eigenvalue weighted by atomic mass is 16.5. The highest BCUT2D eigenvalue weighted by Gasteiger charge is 2.39. The number of aliphatic hydroxyl groups is 1.